The van der Waals surface area contributed by atoms with E-state index < -0.39 is 5.60 Å². The summed E-state index contributed by atoms with van der Waals surface area (Å²) in [5.74, 6) is -0.150. The van der Waals surface area contributed by atoms with Crippen molar-refractivity contribution in [1.29, 1.82) is 0 Å². The maximum Gasteiger partial charge on any atom is 0.409 e. The number of benzene rings is 1. The van der Waals surface area contributed by atoms with E-state index >= 15 is 0 Å². The van der Waals surface area contributed by atoms with E-state index in [9.17, 15) is 9.59 Å². The number of cyclic esters (lactones) is 1. The Morgan fingerprint density at radius 2 is 1.96 bits per heavy atom. The van der Waals surface area contributed by atoms with Crippen molar-refractivity contribution in [1.82, 2.24) is 9.80 Å². The molecular formula is C20H28N2O4. The molecular weight excluding hydrogens is 332 g/mol. The monoisotopic (exact) mass is 360 g/mol. The lowest BCUT2D eigenvalue weighted by atomic mass is 9.84. The van der Waals surface area contributed by atoms with Crippen molar-refractivity contribution < 1.29 is 19.1 Å². The largest absolute Gasteiger partial charge is 0.454 e. The number of ether oxygens (including phenoxy) is 2. The fourth-order valence-electron chi connectivity index (χ4n) is 3.75. The highest BCUT2D eigenvalue weighted by Gasteiger charge is 2.39. The van der Waals surface area contributed by atoms with Gasteiger partial charge in [0.05, 0.1) is 6.54 Å². The molecule has 6 nitrogen and oxygen atoms in total. The lowest BCUT2D eigenvalue weighted by Crippen LogP contribution is -2.45. The molecule has 1 atom stereocenters. The van der Waals surface area contributed by atoms with Crippen molar-refractivity contribution in [2.75, 3.05) is 33.2 Å². The Labute approximate surface area is 155 Å². The molecule has 0 aliphatic carbocycles. The van der Waals surface area contributed by atoms with Gasteiger partial charge < -0.3 is 19.3 Å². The molecule has 6 heteroatoms. The van der Waals surface area contributed by atoms with Gasteiger partial charge in [-0.1, -0.05) is 37.3 Å². The molecule has 142 valence electrons. The molecule has 0 bridgehead atoms. The van der Waals surface area contributed by atoms with Crippen molar-refractivity contribution in [2.45, 2.75) is 44.3 Å². The maximum absolute atomic E-state index is 12.0. The third-order valence-electron chi connectivity index (χ3n) is 5.39. The molecule has 2 saturated heterocycles. The van der Waals surface area contributed by atoms with Crippen LogP contribution in [-0.4, -0.2) is 61.2 Å². The number of piperidine rings is 1. The Morgan fingerprint density at radius 1 is 1.27 bits per heavy atom. The summed E-state index contributed by atoms with van der Waals surface area (Å²) in [5, 5.41) is 0. The summed E-state index contributed by atoms with van der Waals surface area (Å²) in [7, 11) is 1.76. The molecule has 1 aromatic carbocycles. The molecule has 3 rings (SSSR count). The van der Waals surface area contributed by atoms with Crippen LogP contribution in [0.25, 0.3) is 0 Å². The van der Waals surface area contributed by atoms with Crippen LogP contribution in [0, 0.1) is 0 Å². The van der Waals surface area contributed by atoms with Crippen LogP contribution in [0.4, 0.5) is 4.79 Å². The lowest BCUT2D eigenvalue weighted by Gasteiger charge is -2.41. The second-order valence-electron chi connectivity index (χ2n) is 7.20. The Morgan fingerprint density at radius 3 is 2.54 bits per heavy atom. The molecule has 0 spiro atoms. The topological polar surface area (TPSA) is 59.1 Å². The number of likely N-dealkylation sites (tertiary alicyclic amines) is 1. The predicted molar refractivity (Wildman–Crippen MR) is 97.7 cm³/mol. The van der Waals surface area contributed by atoms with Crippen molar-refractivity contribution in [2.24, 2.45) is 0 Å². The maximum atomic E-state index is 12.0. The van der Waals surface area contributed by atoms with Crippen molar-refractivity contribution in [3.8, 4) is 0 Å². The molecule has 0 N–H and O–H groups in total. The summed E-state index contributed by atoms with van der Waals surface area (Å²) in [4.78, 5) is 27.4. The van der Waals surface area contributed by atoms with Crippen LogP contribution in [0.2, 0.25) is 0 Å². The Bertz CT molecular complexity index is 626. The van der Waals surface area contributed by atoms with Crippen molar-refractivity contribution in [3.63, 3.8) is 0 Å². The minimum Gasteiger partial charge on any atom is -0.454 e. The highest BCUT2D eigenvalue weighted by atomic mass is 16.6. The van der Waals surface area contributed by atoms with E-state index in [4.69, 9.17) is 9.47 Å². The molecule has 2 fully saturated rings. The zero-order valence-corrected chi connectivity index (χ0v) is 15.6. The van der Waals surface area contributed by atoms with E-state index in [1.807, 2.05) is 37.3 Å². The van der Waals surface area contributed by atoms with Crippen LogP contribution < -0.4 is 0 Å². The number of rotatable bonds is 6. The third kappa shape index (κ3) is 4.18. The molecule has 0 unspecified atom stereocenters. The van der Waals surface area contributed by atoms with Crippen LogP contribution >= 0.6 is 0 Å². The van der Waals surface area contributed by atoms with Gasteiger partial charge in [0.25, 0.3) is 0 Å². The summed E-state index contributed by atoms with van der Waals surface area (Å²) in [6.45, 7) is 5.11. The molecule has 2 heterocycles. The van der Waals surface area contributed by atoms with Gasteiger partial charge >= 0.3 is 12.1 Å². The molecule has 1 amide bonds. The number of likely N-dealkylation sites (N-methyl/N-ethyl adjacent to an activating group) is 1. The summed E-state index contributed by atoms with van der Waals surface area (Å²) < 4.78 is 11.3. The average Bonchev–Trinajstić information content (AvgIpc) is 2.99. The first kappa shape index (κ1) is 18.7. The molecule has 2 aliphatic heterocycles. The zero-order chi connectivity index (χ0) is 18.6. The summed E-state index contributed by atoms with van der Waals surface area (Å²) >= 11 is 0. The first-order valence-electron chi connectivity index (χ1n) is 9.44. The van der Waals surface area contributed by atoms with Gasteiger partial charge in [0.2, 0.25) is 0 Å². The average molecular weight is 360 g/mol. The number of carbonyl (C=O) groups excluding carboxylic acids is 2. The molecule has 0 aromatic heterocycles. The molecule has 1 aromatic rings. The van der Waals surface area contributed by atoms with Crippen molar-refractivity contribution >= 4 is 12.1 Å². The molecule has 0 saturated carbocycles. The molecule has 0 radical (unpaired) electrons. The van der Waals surface area contributed by atoms with Crippen LogP contribution in [0.1, 0.15) is 38.2 Å². The third-order valence-corrected chi connectivity index (χ3v) is 5.39. The van der Waals surface area contributed by atoms with E-state index in [0.717, 1.165) is 44.5 Å². The van der Waals surface area contributed by atoms with E-state index in [1.54, 1.807) is 11.9 Å². The second kappa shape index (κ2) is 8.08. The Kier molecular flexibility index (Phi) is 5.81. The molecule has 2 aliphatic rings. The number of esters is 1. The van der Waals surface area contributed by atoms with Gasteiger partial charge in [-0.05, 0) is 12.0 Å². The highest BCUT2D eigenvalue weighted by Crippen LogP contribution is 2.37. The lowest BCUT2D eigenvalue weighted by molar-refractivity contribution is -0.166. The predicted octanol–water partition coefficient (Wildman–Crippen LogP) is 2.77. The van der Waals surface area contributed by atoms with Gasteiger partial charge in [0.1, 0.15) is 11.7 Å². The summed E-state index contributed by atoms with van der Waals surface area (Å²) in [6.07, 6.45) is 2.54. The fourth-order valence-corrected chi connectivity index (χ4v) is 3.75. The van der Waals surface area contributed by atoms with Gasteiger partial charge in [-0.25, -0.2) is 4.79 Å². The van der Waals surface area contributed by atoms with E-state index in [0.29, 0.717) is 13.0 Å². The van der Waals surface area contributed by atoms with Crippen LogP contribution in [-0.2, 0) is 19.9 Å². The SMILES string of the molecule is CCC(=O)OC1(c2ccccc2)CCN(CC[C@@H]2CN(C)C(=O)O2)CC1. The van der Waals surface area contributed by atoms with Gasteiger partial charge in [-0.2, -0.15) is 0 Å². The number of carbonyl (C=O) groups is 2. The van der Waals surface area contributed by atoms with Gasteiger partial charge in [-0.3, -0.25) is 4.79 Å². The number of hydrogen-bond acceptors (Lipinski definition) is 5. The van der Waals surface area contributed by atoms with E-state index in [1.165, 1.54) is 0 Å². The van der Waals surface area contributed by atoms with Gasteiger partial charge in [0.15, 0.2) is 0 Å². The van der Waals surface area contributed by atoms with Crippen molar-refractivity contribution in [3.05, 3.63) is 35.9 Å². The Hall–Kier alpha value is -2.08. The minimum absolute atomic E-state index is 0.0220. The first-order valence-corrected chi connectivity index (χ1v) is 9.44. The molecule has 26 heavy (non-hydrogen) atoms. The summed E-state index contributed by atoms with van der Waals surface area (Å²) in [6, 6.07) is 10.1. The van der Waals surface area contributed by atoms with Crippen LogP contribution in [0.5, 0.6) is 0 Å². The smallest absolute Gasteiger partial charge is 0.409 e. The van der Waals surface area contributed by atoms with Crippen LogP contribution in [0.3, 0.4) is 0 Å². The zero-order valence-electron chi connectivity index (χ0n) is 15.6. The highest BCUT2D eigenvalue weighted by molar-refractivity contribution is 5.70. The second-order valence-corrected chi connectivity index (χ2v) is 7.20. The first-order chi connectivity index (χ1) is 12.5. The van der Waals surface area contributed by atoms with Gasteiger partial charge in [0, 0.05) is 45.9 Å². The minimum atomic E-state index is -0.523. The standard InChI is InChI=1S/C20H28N2O4/c1-3-18(23)26-20(16-7-5-4-6-8-16)10-13-22(14-11-20)12-9-17-15-21(2)19(24)25-17/h4-8,17H,3,9-15H2,1-2H3/t17-/m1/s1. The quantitative estimate of drug-likeness (QED) is 0.730. The Balaban J connectivity index is 1.58. The van der Waals surface area contributed by atoms with Gasteiger partial charge in [-0.15, -0.1) is 0 Å². The van der Waals surface area contributed by atoms with E-state index in [2.05, 4.69) is 4.90 Å². The normalized spacial score (nSPS) is 22.9. The summed E-state index contributed by atoms with van der Waals surface area (Å²) in [5.41, 5.74) is 0.554. The van der Waals surface area contributed by atoms with Crippen LogP contribution in [0.15, 0.2) is 30.3 Å². The number of amides is 1. The number of nitrogens with zero attached hydrogens (tertiary/aromatic N) is 2. The van der Waals surface area contributed by atoms with E-state index in [-0.39, 0.29) is 18.2 Å². The fraction of sp³-hybridized carbons (Fsp3) is 0.600. The number of hydrogen-bond donors (Lipinski definition) is 0.